The lowest BCUT2D eigenvalue weighted by Crippen LogP contribution is -2.13. The van der Waals surface area contributed by atoms with E-state index in [2.05, 4.69) is 16.7 Å². The summed E-state index contributed by atoms with van der Waals surface area (Å²) >= 11 is 0. The van der Waals surface area contributed by atoms with Crippen molar-refractivity contribution < 1.29 is 9.53 Å². The van der Waals surface area contributed by atoms with Crippen LogP contribution in [0, 0.1) is 45.3 Å². The van der Waals surface area contributed by atoms with Gasteiger partial charge in [0.05, 0.1) is 35.2 Å². The van der Waals surface area contributed by atoms with Crippen LogP contribution in [0.25, 0.3) is 11.1 Å². The molecule has 3 rings (SSSR count). The summed E-state index contributed by atoms with van der Waals surface area (Å²) in [6.45, 7) is 2.19. The number of nitrogens with zero attached hydrogens (tertiary/aromatic N) is 4. The summed E-state index contributed by atoms with van der Waals surface area (Å²) in [5.41, 5.74) is 3.52. The second kappa shape index (κ2) is 12.1. The van der Waals surface area contributed by atoms with E-state index in [9.17, 15) is 15.3 Å². The maximum absolute atomic E-state index is 12.6. The number of ether oxygens (including phenoxy) is 1. The zero-order chi connectivity index (χ0) is 25.9. The average Bonchev–Trinajstić information content (AvgIpc) is 2.92. The number of hydrogen-bond donors (Lipinski definition) is 2. The van der Waals surface area contributed by atoms with E-state index in [1.54, 1.807) is 43.3 Å². The van der Waals surface area contributed by atoms with E-state index >= 15 is 0 Å². The molecule has 0 fully saturated rings. The number of allylic oxidation sites excluding steroid dienone is 2. The molecule has 8 heteroatoms. The molecule has 0 aliphatic heterocycles. The Morgan fingerprint density at radius 1 is 0.889 bits per heavy atom. The van der Waals surface area contributed by atoms with Crippen molar-refractivity contribution in [3.63, 3.8) is 0 Å². The third-order valence-corrected chi connectivity index (χ3v) is 5.19. The highest BCUT2D eigenvalue weighted by molar-refractivity contribution is 5.99. The number of anilines is 2. The van der Waals surface area contributed by atoms with Gasteiger partial charge in [-0.2, -0.15) is 21.0 Å². The fourth-order valence-corrected chi connectivity index (χ4v) is 3.47. The predicted octanol–water partition coefficient (Wildman–Crippen LogP) is 5.25. The number of nitriles is 4. The maximum Gasteiger partial charge on any atom is 0.340 e. The van der Waals surface area contributed by atoms with E-state index < -0.39 is 5.97 Å². The monoisotopic (exact) mass is 472 g/mol. The molecule has 174 valence electrons. The minimum absolute atomic E-state index is 0.178. The smallest absolute Gasteiger partial charge is 0.340 e. The van der Waals surface area contributed by atoms with Gasteiger partial charge >= 0.3 is 5.97 Å². The van der Waals surface area contributed by atoms with Gasteiger partial charge in [-0.25, -0.2) is 4.79 Å². The molecular weight excluding hydrogens is 452 g/mol. The van der Waals surface area contributed by atoms with Crippen molar-refractivity contribution in [1.29, 1.82) is 21.0 Å². The van der Waals surface area contributed by atoms with Crippen molar-refractivity contribution in [3.8, 4) is 35.4 Å². The molecule has 8 nitrogen and oxygen atoms in total. The second-order valence-corrected chi connectivity index (χ2v) is 7.37. The first-order chi connectivity index (χ1) is 17.6. The van der Waals surface area contributed by atoms with Gasteiger partial charge in [-0.05, 0) is 41.8 Å². The number of hydrogen-bond acceptors (Lipinski definition) is 8. The Morgan fingerprint density at radius 3 is 2.25 bits per heavy atom. The maximum atomic E-state index is 12.6. The van der Waals surface area contributed by atoms with Crippen LogP contribution in [-0.2, 0) is 11.3 Å². The Balaban J connectivity index is 1.93. The van der Waals surface area contributed by atoms with Crippen LogP contribution in [0.4, 0.5) is 11.4 Å². The van der Waals surface area contributed by atoms with Crippen LogP contribution in [-0.4, -0.2) is 12.6 Å². The molecule has 0 unspecified atom stereocenters. The summed E-state index contributed by atoms with van der Waals surface area (Å²) in [4.78, 5) is 12.6. The van der Waals surface area contributed by atoms with Crippen molar-refractivity contribution >= 4 is 17.3 Å². The van der Waals surface area contributed by atoms with E-state index in [4.69, 9.17) is 15.3 Å². The molecule has 0 saturated heterocycles. The second-order valence-electron chi connectivity index (χ2n) is 7.37. The van der Waals surface area contributed by atoms with Crippen LogP contribution in [0.5, 0.6) is 0 Å². The molecule has 0 aliphatic rings. The first-order valence-corrected chi connectivity index (χ1v) is 10.9. The quantitative estimate of drug-likeness (QED) is 0.334. The first kappa shape index (κ1) is 25.1. The summed E-state index contributed by atoms with van der Waals surface area (Å²) in [5.74, 6) is -0.560. The number of para-hydroxylation sites is 1. The van der Waals surface area contributed by atoms with Crippen LogP contribution in [0.2, 0.25) is 0 Å². The van der Waals surface area contributed by atoms with Gasteiger partial charge in [0.2, 0.25) is 0 Å². The van der Waals surface area contributed by atoms with Crippen molar-refractivity contribution in [2.45, 2.75) is 13.5 Å². The highest BCUT2D eigenvalue weighted by Crippen LogP contribution is 2.30. The van der Waals surface area contributed by atoms with Crippen molar-refractivity contribution in [3.05, 3.63) is 94.7 Å². The topological polar surface area (TPSA) is 146 Å². The molecule has 0 bridgehead atoms. The number of esters is 1. The van der Waals surface area contributed by atoms with Crippen LogP contribution < -0.4 is 10.6 Å². The van der Waals surface area contributed by atoms with E-state index in [0.717, 1.165) is 16.7 Å². The number of carbonyl (C=O) groups is 1. The molecule has 0 aromatic heterocycles. The number of nitrogens with one attached hydrogen (secondary N) is 2. The normalized spacial score (nSPS) is 9.47. The molecule has 0 amide bonds. The Kier molecular flexibility index (Phi) is 8.39. The zero-order valence-electron chi connectivity index (χ0n) is 19.4. The fraction of sp³-hybridized carbons (Fsp3) is 0.107. The van der Waals surface area contributed by atoms with Gasteiger partial charge in [0.15, 0.2) is 5.57 Å². The highest BCUT2D eigenvalue weighted by Gasteiger charge is 2.18. The van der Waals surface area contributed by atoms with Crippen LogP contribution in [0.3, 0.4) is 0 Å². The Hall–Kier alpha value is -5.57. The highest BCUT2D eigenvalue weighted by atomic mass is 16.5. The lowest BCUT2D eigenvalue weighted by molar-refractivity contribution is 0.0527. The average molecular weight is 473 g/mol. The van der Waals surface area contributed by atoms with Crippen molar-refractivity contribution in [2.75, 3.05) is 17.2 Å². The Labute approximate surface area is 208 Å². The van der Waals surface area contributed by atoms with E-state index in [1.807, 2.05) is 48.5 Å². The van der Waals surface area contributed by atoms with Gasteiger partial charge in [-0.3, -0.25) is 0 Å². The van der Waals surface area contributed by atoms with Crippen molar-refractivity contribution in [2.24, 2.45) is 0 Å². The first-order valence-electron chi connectivity index (χ1n) is 10.9. The molecule has 0 aliphatic carbocycles. The summed E-state index contributed by atoms with van der Waals surface area (Å²) < 4.78 is 5.17. The fourth-order valence-electron chi connectivity index (χ4n) is 3.47. The van der Waals surface area contributed by atoms with Gasteiger partial charge in [-0.15, -0.1) is 0 Å². The number of rotatable bonds is 8. The van der Waals surface area contributed by atoms with Crippen LogP contribution in [0.1, 0.15) is 28.4 Å². The Morgan fingerprint density at radius 2 is 1.61 bits per heavy atom. The summed E-state index contributed by atoms with van der Waals surface area (Å²) in [5, 5.41) is 43.1. The molecule has 0 atom stereocenters. The SMILES string of the molecule is CCOC(=O)c1cccc(NC(C#N)=C(C#N)C#N)c1NCc1ccc(-c2ccccc2C#N)cc1. The van der Waals surface area contributed by atoms with Gasteiger partial charge in [0.1, 0.15) is 23.9 Å². The molecule has 0 radical (unpaired) electrons. The summed E-state index contributed by atoms with van der Waals surface area (Å²) in [6, 6.07) is 27.2. The molecule has 0 spiro atoms. The standard InChI is InChI=1S/C28H20N6O2/c1-2-36-28(35)24-8-5-9-25(34-26(17-32)22(15-30)16-31)27(24)33-18-19-10-12-20(13-11-19)23-7-4-3-6-21(23)14-29/h3-13,33-34H,2,18H2,1H3. The lowest BCUT2D eigenvalue weighted by atomic mass is 9.99. The van der Waals surface area contributed by atoms with Gasteiger partial charge in [0.25, 0.3) is 0 Å². The lowest BCUT2D eigenvalue weighted by Gasteiger charge is -2.17. The van der Waals surface area contributed by atoms with Gasteiger partial charge in [0, 0.05) is 6.54 Å². The van der Waals surface area contributed by atoms with E-state index in [0.29, 0.717) is 23.5 Å². The van der Waals surface area contributed by atoms with Crippen LogP contribution >= 0.6 is 0 Å². The molecule has 2 N–H and O–H groups in total. The molecule has 3 aromatic carbocycles. The molecular formula is C28H20N6O2. The molecule has 0 heterocycles. The molecule has 0 saturated carbocycles. The van der Waals surface area contributed by atoms with E-state index in [-0.39, 0.29) is 23.4 Å². The Bertz CT molecular complexity index is 1460. The van der Waals surface area contributed by atoms with E-state index in [1.165, 1.54) is 0 Å². The largest absolute Gasteiger partial charge is 0.462 e. The summed E-state index contributed by atoms with van der Waals surface area (Å²) in [6.07, 6.45) is 0. The van der Waals surface area contributed by atoms with Crippen LogP contribution in [0.15, 0.2) is 78.0 Å². The van der Waals surface area contributed by atoms with Gasteiger partial charge < -0.3 is 15.4 Å². The minimum Gasteiger partial charge on any atom is -0.462 e. The molecule has 3 aromatic rings. The van der Waals surface area contributed by atoms with Crippen molar-refractivity contribution in [1.82, 2.24) is 0 Å². The number of benzene rings is 3. The predicted molar refractivity (Wildman–Crippen MR) is 134 cm³/mol. The summed E-state index contributed by atoms with van der Waals surface area (Å²) in [7, 11) is 0. The third-order valence-electron chi connectivity index (χ3n) is 5.19. The third kappa shape index (κ3) is 5.67. The number of carbonyl (C=O) groups excluding carboxylic acids is 1. The molecule has 36 heavy (non-hydrogen) atoms. The van der Waals surface area contributed by atoms with Gasteiger partial charge in [-0.1, -0.05) is 48.5 Å². The zero-order valence-corrected chi connectivity index (χ0v) is 19.4. The minimum atomic E-state index is -0.560.